The van der Waals surface area contributed by atoms with Crippen LogP contribution in [0.25, 0.3) is 0 Å². The molecule has 2 aliphatic heterocycles. The van der Waals surface area contributed by atoms with E-state index in [0.717, 1.165) is 6.20 Å². The molecule has 7 nitrogen and oxygen atoms in total. The van der Waals surface area contributed by atoms with Gasteiger partial charge in [-0.15, -0.1) is 0 Å². The summed E-state index contributed by atoms with van der Waals surface area (Å²) in [4.78, 5) is 4.05. The van der Waals surface area contributed by atoms with Crippen molar-refractivity contribution in [3.63, 3.8) is 0 Å². The lowest BCUT2D eigenvalue weighted by Crippen LogP contribution is -2.51. The number of halogens is 3. The lowest BCUT2D eigenvalue weighted by atomic mass is 9.89. The van der Waals surface area contributed by atoms with Crippen LogP contribution in [0.1, 0.15) is 26.0 Å². The zero-order valence-electron chi connectivity index (χ0n) is 14.9. The maximum atomic E-state index is 13.1. The number of nitrogens with two attached hydrogens (primary N) is 1. The highest BCUT2D eigenvalue weighted by Crippen LogP contribution is 2.36. The number of rotatable bonds is 4. The first-order chi connectivity index (χ1) is 12.0. The summed E-state index contributed by atoms with van der Waals surface area (Å²) in [5.74, 6) is 0.156. The topological polar surface area (TPSA) is 89.5 Å². The Morgan fingerprint density at radius 3 is 2.65 bits per heavy atom. The number of hydrogen-bond acceptors (Lipinski definition) is 6. The highest BCUT2D eigenvalue weighted by molar-refractivity contribution is 5.95. The van der Waals surface area contributed by atoms with Gasteiger partial charge in [-0.3, -0.25) is 4.68 Å². The summed E-state index contributed by atoms with van der Waals surface area (Å²) in [6.45, 7) is 7.55. The molecule has 1 aromatic heterocycles. The number of aromatic nitrogens is 2. The fraction of sp³-hybridized carbons (Fsp3) is 0.625. The van der Waals surface area contributed by atoms with Gasteiger partial charge in [-0.25, -0.2) is 4.99 Å². The number of aryl methyl sites for hydroxylation is 1. The maximum absolute atomic E-state index is 13.1. The molecule has 3 rings (SSSR count). The third kappa shape index (κ3) is 3.56. The zero-order chi connectivity index (χ0) is 19.2. The fourth-order valence-electron chi connectivity index (χ4n) is 3.00. The quantitative estimate of drug-likeness (QED) is 0.753. The Hall–Kier alpha value is -2.07. The molecule has 0 bridgehead atoms. The molecule has 1 aromatic rings. The summed E-state index contributed by atoms with van der Waals surface area (Å²) in [7, 11) is 0. The summed E-state index contributed by atoms with van der Waals surface area (Å²) in [6.07, 6.45) is -1.86. The van der Waals surface area contributed by atoms with E-state index < -0.39 is 17.4 Å². The van der Waals surface area contributed by atoms with Gasteiger partial charge in [0.05, 0.1) is 36.7 Å². The third-order valence-electron chi connectivity index (χ3n) is 4.62. The first-order valence-corrected chi connectivity index (χ1v) is 8.37. The fourth-order valence-corrected chi connectivity index (χ4v) is 3.00. The lowest BCUT2D eigenvalue weighted by Gasteiger charge is -2.37. The first kappa shape index (κ1) is 18.7. The molecule has 3 heterocycles. The van der Waals surface area contributed by atoms with E-state index in [2.05, 4.69) is 27.6 Å². The molecule has 2 aliphatic rings. The van der Waals surface area contributed by atoms with Gasteiger partial charge >= 0.3 is 6.18 Å². The Bertz CT molecular complexity index is 750. The van der Waals surface area contributed by atoms with E-state index in [1.165, 1.54) is 0 Å². The molecule has 1 unspecified atom stereocenters. The molecule has 0 spiro atoms. The summed E-state index contributed by atoms with van der Waals surface area (Å²) < 4.78 is 46.5. The number of guanidine groups is 1. The molecule has 0 aliphatic carbocycles. The van der Waals surface area contributed by atoms with Crippen molar-refractivity contribution >= 4 is 11.6 Å². The molecule has 0 aromatic carbocycles. The Morgan fingerprint density at radius 1 is 1.42 bits per heavy atom. The number of alkyl halides is 3. The van der Waals surface area contributed by atoms with Crippen molar-refractivity contribution in [2.75, 3.05) is 18.5 Å². The highest BCUT2D eigenvalue weighted by atomic mass is 19.4. The molecule has 0 saturated carbocycles. The first-order valence-electron chi connectivity index (χ1n) is 8.37. The summed E-state index contributed by atoms with van der Waals surface area (Å²) in [5.41, 5.74) is 4.58. The van der Waals surface area contributed by atoms with Crippen LogP contribution in [0.4, 0.5) is 18.9 Å². The van der Waals surface area contributed by atoms with E-state index >= 15 is 0 Å². The average Bonchev–Trinajstić information content (AvgIpc) is 2.84. The highest BCUT2D eigenvalue weighted by Gasteiger charge is 2.47. The van der Waals surface area contributed by atoms with Crippen LogP contribution < -0.4 is 16.4 Å². The van der Waals surface area contributed by atoms with Crippen LogP contribution in [0.2, 0.25) is 0 Å². The van der Waals surface area contributed by atoms with Gasteiger partial charge in [-0.2, -0.15) is 18.3 Å². The van der Waals surface area contributed by atoms with Crippen molar-refractivity contribution in [2.24, 2.45) is 16.1 Å². The Labute approximate surface area is 149 Å². The van der Waals surface area contributed by atoms with Crippen LogP contribution >= 0.6 is 0 Å². The molecule has 26 heavy (non-hydrogen) atoms. The van der Waals surface area contributed by atoms with E-state index in [-0.39, 0.29) is 17.8 Å². The van der Waals surface area contributed by atoms with E-state index in [4.69, 9.17) is 10.5 Å². The van der Waals surface area contributed by atoms with Crippen LogP contribution in [0.3, 0.4) is 0 Å². The van der Waals surface area contributed by atoms with Gasteiger partial charge in [0.15, 0.2) is 0 Å². The molecule has 1 fully saturated rings. The van der Waals surface area contributed by atoms with Gasteiger partial charge < -0.3 is 21.1 Å². The number of aliphatic imine (C=N–C) groups is 1. The Morgan fingerprint density at radius 2 is 2.12 bits per heavy atom. The van der Waals surface area contributed by atoms with Gasteiger partial charge in [-0.1, -0.05) is 13.8 Å². The van der Waals surface area contributed by atoms with Crippen LogP contribution in [0.15, 0.2) is 23.0 Å². The second-order valence-electron chi connectivity index (χ2n) is 7.19. The van der Waals surface area contributed by atoms with Crippen molar-refractivity contribution in [3.05, 3.63) is 23.7 Å². The molecule has 4 N–H and O–H groups in total. The van der Waals surface area contributed by atoms with E-state index in [0.29, 0.717) is 31.1 Å². The van der Waals surface area contributed by atoms with Crippen molar-refractivity contribution in [1.29, 1.82) is 0 Å². The number of nitrogens with one attached hydrogen (secondary N) is 2. The molecule has 1 saturated heterocycles. The SMILES string of the molecule is CCC1(N)N=C(Nc2cn(CC3(C)COC3)nc2C)NC=C1C(F)(F)F. The molecular weight excluding hydrogens is 349 g/mol. The van der Waals surface area contributed by atoms with Crippen molar-refractivity contribution < 1.29 is 17.9 Å². The van der Waals surface area contributed by atoms with E-state index in [9.17, 15) is 13.2 Å². The third-order valence-corrected chi connectivity index (χ3v) is 4.62. The predicted octanol–water partition coefficient (Wildman–Crippen LogP) is 2.11. The monoisotopic (exact) mass is 372 g/mol. The smallest absolute Gasteiger partial charge is 0.380 e. The minimum Gasteiger partial charge on any atom is -0.380 e. The second-order valence-corrected chi connectivity index (χ2v) is 7.19. The van der Waals surface area contributed by atoms with Crippen molar-refractivity contribution in [2.45, 2.75) is 45.6 Å². The minimum atomic E-state index is -4.55. The normalized spacial score (nSPS) is 25.0. The summed E-state index contributed by atoms with van der Waals surface area (Å²) >= 11 is 0. The molecule has 0 radical (unpaired) electrons. The standard InChI is InChI=1S/C16H23F3N6O/c1-4-15(20)12(16(17,18)19)5-21-13(23-15)22-11-6-25(24-10(11)2)7-14(3)8-26-9-14/h5-6H,4,7-9,20H2,1-3H3,(H2,21,22,23). The van der Waals surface area contributed by atoms with Crippen molar-refractivity contribution in [1.82, 2.24) is 15.1 Å². The second kappa shape index (κ2) is 6.27. The molecule has 144 valence electrons. The van der Waals surface area contributed by atoms with Crippen molar-refractivity contribution in [3.8, 4) is 0 Å². The largest absolute Gasteiger partial charge is 0.417 e. The van der Waals surface area contributed by atoms with Crippen LogP contribution in [-0.2, 0) is 11.3 Å². The van der Waals surface area contributed by atoms with E-state index in [1.54, 1.807) is 17.8 Å². The molecule has 0 amide bonds. The number of hydrogen-bond donors (Lipinski definition) is 3. The van der Waals surface area contributed by atoms with Crippen LogP contribution in [-0.4, -0.2) is 40.8 Å². The number of nitrogens with zero attached hydrogens (tertiary/aromatic N) is 3. The van der Waals surface area contributed by atoms with Crippen LogP contribution in [0.5, 0.6) is 0 Å². The maximum Gasteiger partial charge on any atom is 0.417 e. The molecule has 10 heteroatoms. The summed E-state index contributed by atoms with van der Waals surface area (Å²) in [6, 6.07) is 0. The number of ether oxygens (including phenoxy) is 1. The zero-order valence-corrected chi connectivity index (χ0v) is 14.9. The van der Waals surface area contributed by atoms with Gasteiger partial charge in [-0.05, 0) is 13.3 Å². The van der Waals surface area contributed by atoms with Gasteiger partial charge in [0.2, 0.25) is 5.96 Å². The molecular formula is C16H23F3N6O. The Balaban J connectivity index is 1.76. The van der Waals surface area contributed by atoms with Gasteiger partial charge in [0.1, 0.15) is 5.66 Å². The average molecular weight is 372 g/mol. The van der Waals surface area contributed by atoms with Gasteiger partial charge in [0.25, 0.3) is 0 Å². The Kier molecular flexibility index (Phi) is 4.51. The molecule has 1 atom stereocenters. The van der Waals surface area contributed by atoms with Gasteiger partial charge in [0, 0.05) is 17.8 Å². The summed E-state index contributed by atoms with van der Waals surface area (Å²) in [5, 5.41) is 9.97. The van der Waals surface area contributed by atoms with E-state index in [1.807, 2.05) is 6.92 Å². The predicted molar refractivity (Wildman–Crippen MR) is 91.4 cm³/mol. The number of anilines is 1. The lowest BCUT2D eigenvalue weighted by molar-refractivity contribution is -0.111. The minimum absolute atomic E-state index is 0.0157. The van der Waals surface area contributed by atoms with Crippen LogP contribution in [0, 0.1) is 12.3 Å².